The van der Waals surface area contributed by atoms with E-state index in [2.05, 4.69) is 4.98 Å². The molecule has 0 spiro atoms. The Labute approximate surface area is 136 Å². The summed E-state index contributed by atoms with van der Waals surface area (Å²) in [6, 6.07) is 5.39. The lowest BCUT2D eigenvalue weighted by Crippen LogP contribution is -2.09. The molecule has 2 rings (SSSR count). The molecule has 0 amide bonds. The minimum atomic E-state index is -4.70. The standard InChI is InChI=1S/C13H6ClF3INO2/c14-11-9(18)2-1-3-10(11)21-12-8(13(15,16)17)4-7(6-20)5-19-12/h1-6H. The lowest BCUT2D eigenvalue weighted by atomic mass is 10.2. The quantitative estimate of drug-likeness (QED) is 0.513. The Balaban J connectivity index is 2.49. The van der Waals surface area contributed by atoms with Crippen LogP contribution in [-0.2, 0) is 6.18 Å². The number of aromatic nitrogens is 1. The Morgan fingerprint density at radius 2 is 2.05 bits per heavy atom. The number of ether oxygens (including phenoxy) is 1. The summed E-state index contributed by atoms with van der Waals surface area (Å²) in [7, 11) is 0. The van der Waals surface area contributed by atoms with Crippen LogP contribution in [0.15, 0.2) is 30.5 Å². The first kappa shape index (κ1) is 16.0. The number of rotatable bonds is 3. The first-order chi connectivity index (χ1) is 9.82. The molecule has 0 aliphatic rings. The molecule has 110 valence electrons. The number of carbonyl (C=O) groups is 1. The van der Waals surface area contributed by atoms with E-state index in [1.807, 2.05) is 22.6 Å². The smallest absolute Gasteiger partial charge is 0.421 e. The van der Waals surface area contributed by atoms with Gasteiger partial charge in [-0.2, -0.15) is 13.2 Å². The van der Waals surface area contributed by atoms with Gasteiger partial charge in [-0.05, 0) is 40.8 Å². The fourth-order valence-electron chi connectivity index (χ4n) is 1.48. The highest BCUT2D eigenvalue weighted by Gasteiger charge is 2.36. The summed E-state index contributed by atoms with van der Waals surface area (Å²) in [4.78, 5) is 14.1. The van der Waals surface area contributed by atoms with Gasteiger partial charge in [0, 0.05) is 15.3 Å². The predicted octanol–water partition coefficient (Wildman–Crippen LogP) is 4.96. The molecule has 0 N–H and O–H groups in total. The molecule has 0 saturated heterocycles. The second-order valence-corrected chi connectivity index (χ2v) is 5.43. The van der Waals surface area contributed by atoms with E-state index in [9.17, 15) is 18.0 Å². The maximum Gasteiger partial charge on any atom is 0.421 e. The molecule has 0 unspecified atom stereocenters. The Hall–Kier alpha value is -1.35. The predicted molar refractivity (Wildman–Crippen MR) is 78.9 cm³/mol. The summed E-state index contributed by atoms with van der Waals surface area (Å²) in [5.41, 5.74) is -1.33. The van der Waals surface area contributed by atoms with Gasteiger partial charge in [0.25, 0.3) is 0 Å². The minimum Gasteiger partial charge on any atom is -0.437 e. The van der Waals surface area contributed by atoms with E-state index in [-0.39, 0.29) is 22.6 Å². The van der Waals surface area contributed by atoms with Crippen molar-refractivity contribution in [3.05, 3.63) is 50.2 Å². The number of nitrogens with zero attached hydrogens (tertiary/aromatic N) is 1. The molecule has 0 aliphatic heterocycles. The molecule has 0 bridgehead atoms. The van der Waals surface area contributed by atoms with Crippen LogP contribution in [0.3, 0.4) is 0 Å². The zero-order chi connectivity index (χ0) is 15.6. The fourth-order valence-corrected chi connectivity index (χ4v) is 2.12. The molecule has 21 heavy (non-hydrogen) atoms. The number of benzene rings is 1. The van der Waals surface area contributed by atoms with E-state index in [0.717, 1.165) is 6.20 Å². The third-order valence-electron chi connectivity index (χ3n) is 2.44. The van der Waals surface area contributed by atoms with Crippen molar-refractivity contribution in [3.8, 4) is 11.6 Å². The van der Waals surface area contributed by atoms with Crippen molar-refractivity contribution < 1.29 is 22.7 Å². The van der Waals surface area contributed by atoms with Crippen molar-refractivity contribution in [2.75, 3.05) is 0 Å². The number of carbonyl (C=O) groups excluding carboxylic acids is 1. The third kappa shape index (κ3) is 3.65. The Kier molecular flexibility index (Phi) is 4.72. The highest BCUT2D eigenvalue weighted by Crippen LogP contribution is 2.39. The van der Waals surface area contributed by atoms with Gasteiger partial charge in [-0.15, -0.1) is 0 Å². The van der Waals surface area contributed by atoms with E-state index >= 15 is 0 Å². The molecule has 0 radical (unpaired) electrons. The van der Waals surface area contributed by atoms with Gasteiger partial charge in [0.05, 0.1) is 5.02 Å². The van der Waals surface area contributed by atoms with Crippen LogP contribution in [0, 0.1) is 3.57 Å². The van der Waals surface area contributed by atoms with Gasteiger partial charge in [-0.3, -0.25) is 4.79 Å². The lowest BCUT2D eigenvalue weighted by Gasteiger charge is -2.14. The highest BCUT2D eigenvalue weighted by molar-refractivity contribution is 14.1. The monoisotopic (exact) mass is 427 g/mol. The number of pyridine rings is 1. The van der Waals surface area contributed by atoms with Crippen molar-refractivity contribution >= 4 is 40.5 Å². The summed E-state index contributed by atoms with van der Waals surface area (Å²) in [6.45, 7) is 0. The molecular formula is C13H6ClF3INO2. The number of alkyl halides is 3. The van der Waals surface area contributed by atoms with Crippen molar-refractivity contribution in [2.45, 2.75) is 6.18 Å². The SMILES string of the molecule is O=Cc1cnc(Oc2cccc(I)c2Cl)c(C(F)(F)F)c1. The van der Waals surface area contributed by atoms with Crippen LogP contribution in [0.1, 0.15) is 15.9 Å². The van der Waals surface area contributed by atoms with Gasteiger partial charge in [0.15, 0.2) is 6.29 Å². The summed E-state index contributed by atoms with van der Waals surface area (Å²) in [5.74, 6) is -0.600. The van der Waals surface area contributed by atoms with Gasteiger partial charge in [0.2, 0.25) is 5.88 Å². The van der Waals surface area contributed by atoms with Crippen LogP contribution in [-0.4, -0.2) is 11.3 Å². The van der Waals surface area contributed by atoms with Crippen molar-refractivity contribution in [1.29, 1.82) is 0 Å². The van der Waals surface area contributed by atoms with Gasteiger partial charge >= 0.3 is 6.18 Å². The van der Waals surface area contributed by atoms with E-state index in [1.54, 1.807) is 12.1 Å². The largest absolute Gasteiger partial charge is 0.437 e. The molecule has 0 aliphatic carbocycles. The normalized spacial score (nSPS) is 11.3. The summed E-state index contributed by atoms with van der Waals surface area (Å²) < 4.78 is 44.7. The van der Waals surface area contributed by atoms with Gasteiger partial charge in [0.1, 0.15) is 11.3 Å². The van der Waals surface area contributed by atoms with Gasteiger partial charge in [-0.1, -0.05) is 17.7 Å². The van der Waals surface area contributed by atoms with Crippen LogP contribution in [0.2, 0.25) is 5.02 Å². The topological polar surface area (TPSA) is 39.2 Å². The van der Waals surface area contributed by atoms with Crippen molar-refractivity contribution in [2.24, 2.45) is 0 Å². The molecule has 0 saturated carbocycles. The van der Waals surface area contributed by atoms with E-state index in [0.29, 0.717) is 9.64 Å². The zero-order valence-electron chi connectivity index (χ0n) is 10.1. The lowest BCUT2D eigenvalue weighted by molar-refractivity contribution is -0.138. The highest BCUT2D eigenvalue weighted by atomic mass is 127. The maximum absolute atomic E-state index is 13.0. The van der Waals surface area contributed by atoms with Crippen LogP contribution >= 0.6 is 34.2 Å². The third-order valence-corrected chi connectivity index (χ3v) is 4.04. The Morgan fingerprint density at radius 3 is 2.67 bits per heavy atom. The molecule has 8 heteroatoms. The number of hydrogen-bond donors (Lipinski definition) is 0. The maximum atomic E-state index is 13.0. The first-order valence-electron chi connectivity index (χ1n) is 5.47. The molecule has 1 aromatic carbocycles. The van der Waals surface area contributed by atoms with E-state index < -0.39 is 17.6 Å². The van der Waals surface area contributed by atoms with Crippen molar-refractivity contribution in [3.63, 3.8) is 0 Å². The van der Waals surface area contributed by atoms with Gasteiger partial charge in [-0.25, -0.2) is 4.98 Å². The molecule has 3 nitrogen and oxygen atoms in total. The number of aldehydes is 1. The molecule has 1 heterocycles. The molecule has 2 aromatic rings. The fraction of sp³-hybridized carbons (Fsp3) is 0.0769. The Bertz CT molecular complexity index is 692. The summed E-state index contributed by atoms with van der Waals surface area (Å²) >= 11 is 7.90. The minimum absolute atomic E-state index is 0.0559. The number of hydrogen-bond acceptors (Lipinski definition) is 3. The van der Waals surface area contributed by atoms with Crippen LogP contribution in [0.4, 0.5) is 13.2 Å². The van der Waals surface area contributed by atoms with Crippen LogP contribution in [0.5, 0.6) is 11.6 Å². The number of halogens is 5. The van der Waals surface area contributed by atoms with Gasteiger partial charge < -0.3 is 4.74 Å². The van der Waals surface area contributed by atoms with Crippen molar-refractivity contribution in [1.82, 2.24) is 4.98 Å². The zero-order valence-corrected chi connectivity index (χ0v) is 13.0. The molecule has 1 aromatic heterocycles. The summed E-state index contributed by atoms with van der Waals surface area (Å²) in [6.07, 6.45) is -3.42. The second-order valence-electron chi connectivity index (χ2n) is 3.89. The van der Waals surface area contributed by atoms with E-state index in [1.165, 1.54) is 6.07 Å². The average Bonchev–Trinajstić information content (AvgIpc) is 2.43. The first-order valence-corrected chi connectivity index (χ1v) is 6.93. The van der Waals surface area contributed by atoms with Crippen LogP contribution < -0.4 is 4.74 Å². The molecule has 0 fully saturated rings. The summed E-state index contributed by atoms with van der Waals surface area (Å²) in [5, 5.41) is 0.187. The molecular weight excluding hydrogens is 421 g/mol. The average molecular weight is 428 g/mol. The second kappa shape index (κ2) is 6.18. The van der Waals surface area contributed by atoms with E-state index in [4.69, 9.17) is 16.3 Å². The Morgan fingerprint density at radius 1 is 1.33 bits per heavy atom. The van der Waals surface area contributed by atoms with Crippen LogP contribution in [0.25, 0.3) is 0 Å². The molecule has 0 atom stereocenters.